The van der Waals surface area contributed by atoms with Crippen molar-refractivity contribution in [2.45, 2.75) is 27.2 Å². The summed E-state index contributed by atoms with van der Waals surface area (Å²) < 4.78 is 0. The van der Waals surface area contributed by atoms with Crippen LogP contribution in [0.2, 0.25) is 0 Å². The maximum Gasteiger partial charge on any atom is 0.205 e. The van der Waals surface area contributed by atoms with Crippen LogP contribution in [-0.4, -0.2) is 18.1 Å². The van der Waals surface area contributed by atoms with Crippen LogP contribution in [0.25, 0.3) is 0 Å². The topological polar surface area (TPSA) is 46.2 Å². The van der Waals surface area contributed by atoms with E-state index in [9.17, 15) is 9.59 Å². The summed E-state index contributed by atoms with van der Waals surface area (Å²) in [6.45, 7) is 6.46. The lowest BCUT2D eigenvalue weighted by Gasteiger charge is -2.25. The molecule has 110 valence electrons. The van der Waals surface area contributed by atoms with Crippen molar-refractivity contribution in [3.63, 3.8) is 0 Å². The summed E-state index contributed by atoms with van der Waals surface area (Å²) in [5.74, 6) is -0.197. The van der Waals surface area contributed by atoms with E-state index in [1.807, 2.05) is 51.1 Å². The zero-order valence-electron chi connectivity index (χ0n) is 12.8. The van der Waals surface area contributed by atoms with Gasteiger partial charge in [-0.2, -0.15) is 0 Å². The van der Waals surface area contributed by atoms with Gasteiger partial charge in [-0.15, -0.1) is 0 Å². The number of ketones is 2. The Kier molecular flexibility index (Phi) is 4.41. The fourth-order valence-corrected chi connectivity index (χ4v) is 2.28. The zero-order valence-corrected chi connectivity index (χ0v) is 12.8. The summed E-state index contributed by atoms with van der Waals surface area (Å²) in [6, 6.07) is 10.0. The van der Waals surface area contributed by atoms with Crippen molar-refractivity contribution in [1.82, 2.24) is 5.32 Å². The van der Waals surface area contributed by atoms with Crippen molar-refractivity contribution in [2.75, 3.05) is 6.54 Å². The monoisotopic (exact) mass is 283 g/mol. The second-order valence-electron chi connectivity index (χ2n) is 6.26. The van der Waals surface area contributed by atoms with Gasteiger partial charge in [0.1, 0.15) is 0 Å². The van der Waals surface area contributed by atoms with E-state index in [-0.39, 0.29) is 17.0 Å². The molecule has 0 heterocycles. The molecule has 0 saturated carbocycles. The van der Waals surface area contributed by atoms with Gasteiger partial charge in [0.2, 0.25) is 5.78 Å². The molecule has 0 aliphatic heterocycles. The van der Waals surface area contributed by atoms with E-state index < -0.39 is 0 Å². The quantitative estimate of drug-likeness (QED) is 0.864. The molecule has 2 rings (SSSR count). The Morgan fingerprint density at radius 1 is 1.00 bits per heavy atom. The molecule has 0 atom stereocenters. The van der Waals surface area contributed by atoms with Crippen LogP contribution in [0.5, 0.6) is 0 Å². The van der Waals surface area contributed by atoms with Crippen molar-refractivity contribution in [1.29, 1.82) is 0 Å². The van der Waals surface area contributed by atoms with E-state index in [1.54, 1.807) is 0 Å². The molecule has 1 aromatic rings. The largest absolute Gasteiger partial charge is 0.381 e. The third-order valence-corrected chi connectivity index (χ3v) is 3.44. The SMILES string of the molecule is CC(C)(C)C1=CC(=O)C=C(NCCc2ccccc2)C1=O. The summed E-state index contributed by atoms with van der Waals surface area (Å²) in [4.78, 5) is 24.2. The number of nitrogens with one attached hydrogen (secondary N) is 1. The molecule has 1 N–H and O–H groups in total. The Hall–Kier alpha value is -2.16. The Morgan fingerprint density at radius 3 is 2.29 bits per heavy atom. The van der Waals surface area contributed by atoms with Crippen molar-refractivity contribution in [3.05, 3.63) is 59.3 Å². The minimum absolute atomic E-state index is 0.0739. The van der Waals surface area contributed by atoms with Crippen LogP contribution in [0, 0.1) is 5.41 Å². The fourth-order valence-electron chi connectivity index (χ4n) is 2.28. The number of hydrogen-bond acceptors (Lipinski definition) is 3. The summed E-state index contributed by atoms with van der Waals surface area (Å²) in [7, 11) is 0. The molecule has 1 aromatic carbocycles. The van der Waals surface area contributed by atoms with Crippen molar-refractivity contribution in [3.8, 4) is 0 Å². The maximum atomic E-state index is 12.4. The summed E-state index contributed by atoms with van der Waals surface area (Å²) >= 11 is 0. The first-order valence-corrected chi connectivity index (χ1v) is 7.18. The third-order valence-electron chi connectivity index (χ3n) is 3.44. The van der Waals surface area contributed by atoms with Crippen LogP contribution in [0.4, 0.5) is 0 Å². The van der Waals surface area contributed by atoms with Gasteiger partial charge in [0, 0.05) is 18.2 Å². The van der Waals surface area contributed by atoms with Crippen LogP contribution in [0.3, 0.4) is 0 Å². The lowest BCUT2D eigenvalue weighted by molar-refractivity contribution is -0.116. The molecule has 0 aromatic heterocycles. The van der Waals surface area contributed by atoms with Crippen LogP contribution in [0.15, 0.2) is 53.8 Å². The van der Waals surface area contributed by atoms with Gasteiger partial charge in [-0.1, -0.05) is 51.1 Å². The number of rotatable bonds is 4. The molecule has 0 unspecified atom stereocenters. The van der Waals surface area contributed by atoms with E-state index in [4.69, 9.17) is 0 Å². The van der Waals surface area contributed by atoms with Crippen molar-refractivity contribution in [2.24, 2.45) is 5.41 Å². The molecule has 0 bridgehead atoms. The maximum absolute atomic E-state index is 12.4. The average Bonchev–Trinajstić information content (AvgIpc) is 2.42. The predicted octanol–water partition coefficient (Wildman–Crippen LogP) is 2.83. The molecule has 3 nitrogen and oxygen atoms in total. The van der Waals surface area contributed by atoms with E-state index in [0.29, 0.717) is 17.8 Å². The molecule has 1 aliphatic carbocycles. The Balaban J connectivity index is 2.01. The first-order valence-electron chi connectivity index (χ1n) is 7.18. The van der Waals surface area contributed by atoms with Crippen molar-refractivity contribution < 1.29 is 9.59 Å². The highest BCUT2D eigenvalue weighted by atomic mass is 16.1. The van der Waals surface area contributed by atoms with Gasteiger partial charge in [0.05, 0.1) is 5.70 Å². The molecule has 21 heavy (non-hydrogen) atoms. The smallest absolute Gasteiger partial charge is 0.205 e. The number of Topliss-reactive ketones (excluding diaryl/α,β-unsaturated/α-hetero) is 1. The molecule has 0 saturated heterocycles. The van der Waals surface area contributed by atoms with Gasteiger partial charge < -0.3 is 5.32 Å². The second kappa shape index (κ2) is 6.08. The normalized spacial score (nSPS) is 15.6. The zero-order chi connectivity index (χ0) is 15.5. The third kappa shape index (κ3) is 3.91. The van der Waals surface area contributed by atoms with E-state index in [2.05, 4.69) is 5.32 Å². The minimum Gasteiger partial charge on any atom is -0.381 e. The van der Waals surface area contributed by atoms with E-state index >= 15 is 0 Å². The fraction of sp³-hybridized carbons (Fsp3) is 0.333. The van der Waals surface area contributed by atoms with Gasteiger partial charge in [-0.3, -0.25) is 9.59 Å². The van der Waals surface area contributed by atoms with Gasteiger partial charge in [-0.25, -0.2) is 0 Å². The molecule has 0 spiro atoms. The minimum atomic E-state index is -0.326. The van der Waals surface area contributed by atoms with E-state index in [1.165, 1.54) is 17.7 Å². The lowest BCUT2D eigenvalue weighted by Crippen LogP contribution is -2.31. The number of allylic oxidation sites excluding steroid dienone is 3. The summed E-state index contributed by atoms with van der Waals surface area (Å²) in [6.07, 6.45) is 3.65. The van der Waals surface area contributed by atoms with Crippen LogP contribution in [-0.2, 0) is 16.0 Å². The van der Waals surface area contributed by atoms with Gasteiger partial charge in [0.15, 0.2) is 5.78 Å². The standard InChI is InChI=1S/C18H21NO2/c1-18(2,3)15-11-14(20)12-16(17(15)21)19-10-9-13-7-5-4-6-8-13/h4-8,11-12,19H,9-10H2,1-3H3. The number of hydrogen-bond donors (Lipinski definition) is 1. The highest BCUT2D eigenvalue weighted by molar-refractivity contribution is 6.20. The van der Waals surface area contributed by atoms with Crippen LogP contribution < -0.4 is 5.32 Å². The molecule has 0 radical (unpaired) electrons. The number of benzene rings is 1. The highest BCUT2D eigenvalue weighted by Crippen LogP contribution is 2.29. The van der Waals surface area contributed by atoms with Crippen LogP contribution in [0.1, 0.15) is 26.3 Å². The van der Waals surface area contributed by atoms with Crippen LogP contribution >= 0.6 is 0 Å². The second-order valence-corrected chi connectivity index (χ2v) is 6.26. The molecule has 3 heteroatoms. The summed E-state index contributed by atoms with van der Waals surface area (Å²) in [5.41, 5.74) is 1.85. The Bertz CT molecular complexity index is 604. The predicted molar refractivity (Wildman–Crippen MR) is 83.8 cm³/mol. The molecular formula is C18H21NO2. The van der Waals surface area contributed by atoms with E-state index in [0.717, 1.165) is 6.42 Å². The van der Waals surface area contributed by atoms with Gasteiger partial charge >= 0.3 is 0 Å². The Labute approximate surface area is 125 Å². The van der Waals surface area contributed by atoms with Gasteiger partial charge in [0.25, 0.3) is 0 Å². The molecule has 1 aliphatic rings. The highest BCUT2D eigenvalue weighted by Gasteiger charge is 2.29. The first kappa shape index (κ1) is 15.2. The number of carbonyl (C=O) groups is 2. The molecular weight excluding hydrogens is 262 g/mol. The molecule has 0 amide bonds. The number of carbonyl (C=O) groups excluding carboxylic acids is 2. The molecule has 0 fully saturated rings. The Morgan fingerprint density at radius 2 is 1.67 bits per heavy atom. The lowest BCUT2D eigenvalue weighted by atomic mass is 9.80. The van der Waals surface area contributed by atoms with Gasteiger partial charge in [-0.05, 0) is 23.5 Å². The van der Waals surface area contributed by atoms with Crippen molar-refractivity contribution >= 4 is 11.6 Å². The summed E-state index contributed by atoms with van der Waals surface area (Å²) in [5, 5.41) is 3.10. The average molecular weight is 283 g/mol. The first-order chi connectivity index (χ1) is 9.88.